The minimum absolute atomic E-state index is 0. The minimum Gasteiger partial charge on any atom is -0.461 e. The maximum absolute atomic E-state index is 10.4. The summed E-state index contributed by atoms with van der Waals surface area (Å²) in [6.07, 6.45) is 0. The molecule has 0 radical (unpaired) electrons. The summed E-state index contributed by atoms with van der Waals surface area (Å²) in [5.74, 6) is -0.242. The Kier molecular flexibility index (Phi) is 85.5. The van der Waals surface area contributed by atoms with Crippen molar-refractivity contribution in [3.63, 3.8) is 0 Å². The molecule has 0 heterocycles. The van der Waals surface area contributed by atoms with Gasteiger partial charge in [-0.05, 0) is 5.56 Å². The van der Waals surface area contributed by atoms with E-state index in [9.17, 15) is 4.79 Å². The van der Waals surface area contributed by atoms with Crippen LogP contribution in [-0.4, -0.2) is 39.9 Å². The minimum atomic E-state index is -0.242. The number of esters is 1. The summed E-state index contributed by atoms with van der Waals surface area (Å²) in [6, 6.07) is 9.60. The molecule has 1 rings (SSSR count). The maximum atomic E-state index is 10.4. The van der Waals surface area contributed by atoms with E-state index < -0.39 is 0 Å². The zero-order chi connectivity index (χ0) is 18.1. The zero-order valence-electron chi connectivity index (χ0n) is 12.4. The molecule has 0 aliphatic carbocycles. The summed E-state index contributed by atoms with van der Waals surface area (Å²) in [5, 5.41) is 0. The van der Waals surface area contributed by atoms with Crippen LogP contribution in [0.1, 0.15) is 12.5 Å². The molecular weight excluding hydrogens is 332 g/mol. The van der Waals surface area contributed by atoms with Crippen LogP contribution in [0.4, 0.5) is 0 Å². The van der Waals surface area contributed by atoms with Crippen LogP contribution in [-0.2, 0) is 57.5 Å². The fourth-order valence-corrected chi connectivity index (χ4v) is 0.759. The molecule has 0 unspecified atom stereocenters. The molecule has 0 fully saturated rings. The van der Waals surface area contributed by atoms with Crippen molar-refractivity contribution in [2.24, 2.45) is 0 Å². The molecule has 22 heavy (non-hydrogen) atoms. The van der Waals surface area contributed by atoms with Crippen molar-refractivity contribution < 1.29 is 50.9 Å². The molecule has 0 saturated carbocycles. The molecule has 124 valence electrons. The second kappa shape index (κ2) is 51.3. The molecule has 0 saturated heterocycles. The van der Waals surface area contributed by atoms with Crippen molar-refractivity contribution in [3.05, 3.63) is 35.9 Å². The van der Waals surface area contributed by atoms with E-state index in [-0.39, 0.29) is 23.3 Å². The normalized spacial score (nSPS) is 5.50. The average molecular weight is 352 g/mol. The van der Waals surface area contributed by atoms with Gasteiger partial charge in [0, 0.05) is 24.3 Å². The Morgan fingerprint density at radius 2 is 1.14 bits per heavy atom. The van der Waals surface area contributed by atoms with Crippen LogP contribution in [0.2, 0.25) is 0 Å². The van der Waals surface area contributed by atoms with Crippen LogP contribution < -0.4 is 0 Å². The standard InChI is InChI=1S/C9H10O2.5CH2O.Cr/c1-8(10)11-7-9-5-3-2-4-6-9;5*1-2;/h2-6H,7H2,1H3;5*1H2;. The van der Waals surface area contributed by atoms with Gasteiger partial charge in [-0.15, -0.1) is 0 Å². The number of carbonyl (C=O) groups is 6. The molecule has 8 heteroatoms. The Balaban J connectivity index is -0.0000000500. The van der Waals surface area contributed by atoms with Crippen molar-refractivity contribution in [2.45, 2.75) is 13.5 Å². The Labute approximate surface area is 140 Å². The summed E-state index contributed by atoms with van der Waals surface area (Å²) >= 11 is 0. The summed E-state index contributed by atoms with van der Waals surface area (Å²) in [5.41, 5.74) is 1.02. The van der Waals surface area contributed by atoms with Gasteiger partial charge < -0.3 is 28.7 Å². The van der Waals surface area contributed by atoms with E-state index in [4.69, 9.17) is 28.7 Å². The van der Waals surface area contributed by atoms with Gasteiger partial charge in [-0.25, -0.2) is 0 Å². The van der Waals surface area contributed by atoms with Gasteiger partial charge in [-0.3, -0.25) is 4.79 Å². The molecule has 0 spiro atoms. The molecule has 0 amide bonds. The first-order chi connectivity index (χ1) is 10.3. The Morgan fingerprint density at radius 1 is 0.818 bits per heavy atom. The van der Waals surface area contributed by atoms with E-state index in [1.807, 2.05) is 64.3 Å². The SMILES string of the molecule is C=O.C=O.C=O.C=O.C=O.CC(=O)OCc1ccccc1.[Cr]. The van der Waals surface area contributed by atoms with E-state index in [0.29, 0.717) is 6.61 Å². The molecule has 7 nitrogen and oxygen atoms in total. The van der Waals surface area contributed by atoms with Crippen molar-refractivity contribution in [1.29, 1.82) is 0 Å². The third-order valence-electron chi connectivity index (χ3n) is 1.28. The zero-order valence-corrected chi connectivity index (χ0v) is 13.7. The largest absolute Gasteiger partial charge is 0.461 e. The van der Waals surface area contributed by atoms with Crippen LogP contribution in [0.5, 0.6) is 0 Å². The first kappa shape index (κ1) is 36.6. The van der Waals surface area contributed by atoms with Crippen molar-refractivity contribution in [3.8, 4) is 0 Å². The topological polar surface area (TPSA) is 112 Å². The third kappa shape index (κ3) is 43.2. The molecule has 0 aromatic heterocycles. The molecule has 1 aromatic rings. The first-order valence-corrected chi connectivity index (χ1v) is 4.90. The fraction of sp³-hybridized carbons (Fsp3) is 0.143. The number of carbonyl (C=O) groups excluding carboxylic acids is 6. The quantitative estimate of drug-likeness (QED) is 0.724. The average Bonchev–Trinajstić information content (AvgIpc) is 2.63. The molecule has 0 aliphatic heterocycles. The second-order valence-electron chi connectivity index (χ2n) is 2.27. The van der Waals surface area contributed by atoms with Gasteiger partial charge in [0.1, 0.15) is 40.6 Å². The Morgan fingerprint density at radius 3 is 1.41 bits per heavy atom. The predicted octanol–water partition coefficient (Wildman–Crippen LogP) is 0.823. The van der Waals surface area contributed by atoms with Crippen LogP contribution in [0, 0.1) is 0 Å². The number of benzene rings is 1. The van der Waals surface area contributed by atoms with E-state index in [1.54, 1.807) is 0 Å². The van der Waals surface area contributed by atoms with Gasteiger partial charge in [-0.1, -0.05) is 30.3 Å². The van der Waals surface area contributed by atoms with Crippen molar-refractivity contribution >= 4 is 39.9 Å². The monoisotopic (exact) mass is 352 g/mol. The second-order valence-corrected chi connectivity index (χ2v) is 2.27. The van der Waals surface area contributed by atoms with Crippen molar-refractivity contribution in [2.75, 3.05) is 0 Å². The van der Waals surface area contributed by atoms with Crippen LogP contribution >= 0.6 is 0 Å². The summed E-state index contributed by atoms with van der Waals surface area (Å²) < 4.78 is 4.79. The molecule has 1 aromatic carbocycles. The fourth-order valence-electron chi connectivity index (χ4n) is 0.759. The van der Waals surface area contributed by atoms with E-state index in [2.05, 4.69) is 0 Å². The number of rotatable bonds is 2. The van der Waals surface area contributed by atoms with Gasteiger partial charge >= 0.3 is 5.97 Å². The van der Waals surface area contributed by atoms with Gasteiger partial charge in [-0.2, -0.15) is 0 Å². The molecule has 0 bridgehead atoms. The van der Waals surface area contributed by atoms with Gasteiger partial charge in [0.15, 0.2) is 0 Å². The smallest absolute Gasteiger partial charge is 0.302 e. The molecular formula is C14H20CrO7. The predicted molar refractivity (Wildman–Crippen MR) is 77.5 cm³/mol. The molecule has 0 atom stereocenters. The van der Waals surface area contributed by atoms with E-state index in [0.717, 1.165) is 5.56 Å². The van der Waals surface area contributed by atoms with Crippen LogP contribution in [0.3, 0.4) is 0 Å². The Bertz CT molecular complexity index is 298. The molecule has 0 N–H and O–H groups in total. The maximum Gasteiger partial charge on any atom is 0.302 e. The van der Waals surface area contributed by atoms with E-state index in [1.165, 1.54) is 6.92 Å². The number of ether oxygens (including phenoxy) is 1. The van der Waals surface area contributed by atoms with Crippen molar-refractivity contribution in [1.82, 2.24) is 0 Å². The third-order valence-corrected chi connectivity index (χ3v) is 1.28. The summed E-state index contributed by atoms with van der Waals surface area (Å²) in [7, 11) is 0. The van der Waals surface area contributed by atoms with Gasteiger partial charge in [0.05, 0.1) is 0 Å². The molecule has 0 aliphatic rings. The van der Waals surface area contributed by atoms with Gasteiger partial charge in [0.25, 0.3) is 0 Å². The van der Waals surface area contributed by atoms with Crippen LogP contribution in [0.15, 0.2) is 30.3 Å². The number of hydrogen-bond donors (Lipinski definition) is 0. The summed E-state index contributed by atoms with van der Waals surface area (Å²) in [6.45, 7) is 11.8. The number of hydrogen-bond acceptors (Lipinski definition) is 7. The summed E-state index contributed by atoms with van der Waals surface area (Å²) in [4.78, 5) is 50.4. The first-order valence-electron chi connectivity index (χ1n) is 4.90. The van der Waals surface area contributed by atoms with Gasteiger partial charge in [0.2, 0.25) is 0 Å². The van der Waals surface area contributed by atoms with E-state index >= 15 is 0 Å². The Hall–Kier alpha value is -2.43. The van der Waals surface area contributed by atoms with Crippen LogP contribution in [0.25, 0.3) is 0 Å².